The normalized spacial score (nSPS) is 35.8. The molecule has 3 nitrogen and oxygen atoms in total. The van der Waals surface area contributed by atoms with Crippen LogP contribution in [0.15, 0.2) is 0 Å². The molecule has 1 aliphatic rings. The van der Waals surface area contributed by atoms with Crippen LogP contribution in [-0.2, 0) is 4.79 Å². The highest BCUT2D eigenvalue weighted by molar-refractivity contribution is 5.72. The van der Waals surface area contributed by atoms with Gasteiger partial charge in [-0.05, 0) is 11.3 Å². The van der Waals surface area contributed by atoms with E-state index in [4.69, 9.17) is 5.11 Å². The van der Waals surface area contributed by atoms with E-state index in [-0.39, 0.29) is 11.3 Å². The maximum atomic E-state index is 10.9. The van der Waals surface area contributed by atoms with Gasteiger partial charge in [0, 0.05) is 13.1 Å². The summed E-state index contributed by atoms with van der Waals surface area (Å²) in [5, 5.41) is 12.1. The van der Waals surface area contributed by atoms with Crippen molar-refractivity contribution < 1.29 is 9.90 Å². The molecule has 0 aromatic rings. The molecule has 2 atom stereocenters. The molecule has 0 radical (unpaired) electrons. The van der Waals surface area contributed by atoms with Crippen LogP contribution in [0.5, 0.6) is 0 Å². The molecule has 70 valence electrons. The Morgan fingerprint density at radius 3 is 2.58 bits per heavy atom. The van der Waals surface area contributed by atoms with Gasteiger partial charge in [-0.25, -0.2) is 0 Å². The van der Waals surface area contributed by atoms with Crippen molar-refractivity contribution in [1.82, 2.24) is 5.32 Å². The zero-order valence-electron chi connectivity index (χ0n) is 7.92. The third-order valence-electron chi connectivity index (χ3n) is 3.27. The molecule has 1 fully saturated rings. The van der Waals surface area contributed by atoms with Crippen molar-refractivity contribution in [3.8, 4) is 0 Å². The number of aliphatic carboxylic acids is 1. The number of hydrogen-bond donors (Lipinski definition) is 2. The molecule has 0 amide bonds. The van der Waals surface area contributed by atoms with Crippen LogP contribution in [0.25, 0.3) is 0 Å². The van der Waals surface area contributed by atoms with Crippen LogP contribution in [0.4, 0.5) is 0 Å². The van der Waals surface area contributed by atoms with Crippen LogP contribution >= 0.6 is 0 Å². The SMILES string of the molecule is CC(C)C1(C)CNCC1C(=O)O. The average Bonchev–Trinajstić information content (AvgIpc) is 2.32. The Balaban J connectivity index is 2.81. The molecular weight excluding hydrogens is 154 g/mol. The topological polar surface area (TPSA) is 49.3 Å². The highest BCUT2D eigenvalue weighted by Gasteiger charge is 2.45. The van der Waals surface area contributed by atoms with Gasteiger partial charge < -0.3 is 10.4 Å². The second-order valence-corrected chi connectivity index (χ2v) is 4.18. The summed E-state index contributed by atoms with van der Waals surface area (Å²) >= 11 is 0. The summed E-state index contributed by atoms with van der Waals surface area (Å²) in [6, 6.07) is 0. The fraction of sp³-hybridized carbons (Fsp3) is 0.889. The van der Waals surface area contributed by atoms with Crippen molar-refractivity contribution in [3.63, 3.8) is 0 Å². The smallest absolute Gasteiger partial charge is 0.308 e. The van der Waals surface area contributed by atoms with Gasteiger partial charge in [-0.15, -0.1) is 0 Å². The van der Waals surface area contributed by atoms with Crippen molar-refractivity contribution in [2.45, 2.75) is 20.8 Å². The van der Waals surface area contributed by atoms with E-state index in [9.17, 15) is 4.79 Å². The second kappa shape index (κ2) is 3.05. The van der Waals surface area contributed by atoms with Crippen LogP contribution in [-0.4, -0.2) is 24.2 Å². The molecule has 3 heteroatoms. The van der Waals surface area contributed by atoms with E-state index < -0.39 is 5.97 Å². The second-order valence-electron chi connectivity index (χ2n) is 4.18. The van der Waals surface area contributed by atoms with Crippen LogP contribution < -0.4 is 5.32 Å². The first-order chi connectivity index (χ1) is 5.48. The minimum Gasteiger partial charge on any atom is -0.481 e. The summed E-state index contributed by atoms with van der Waals surface area (Å²) in [5.41, 5.74) is -0.0775. The summed E-state index contributed by atoms with van der Waals surface area (Å²) in [6.07, 6.45) is 0. The Morgan fingerprint density at radius 1 is 1.67 bits per heavy atom. The Hall–Kier alpha value is -0.570. The van der Waals surface area contributed by atoms with Crippen molar-refractivity contribution >= 4 is 5.97 Å². The van der Waals surface area contributed by atoms with E-state index in [1.807, 2.05) is 0 Å². The number of rotatable bonds is 2. The number of carboxylic acid groups (broad SMARTS) is 1. The van der Waals surface area contributed by atoms with E-state index >= 15 is 0 Å². The van der Waals surface area contributed by atoms with Crippen LogP contribution in [0, 0.1) is 17.3 Å². The van der Waals surface area contributed by atoms with Crippen LogP contribution in [0.1, 0.15) is 20.8 Å². The standard InChI is InChI=1S/C9H17NO2/c1-6(2)9(3)5-10-4-7(9)8(11)12/h6-7,10H,4-5H2,1-3H3,(H,11,12). The van der Waals surface area contributed by atoms with Crippen LogP contribution in [0.3, 0.4) is 0 Å². The van der Waals surface area contributed by atoms with E-state index in [2.05, 4.69) is 26.1 Å². The van der Waals surface area contributed by atoms with E-state index in [0.29, 0.717) is 12.5 Å². The Kier molecular flexibility index (Phi) is 2.42. The number of carbonyl (C=O) groups is 1. The van der Waals surface area contributed by atoms with Gasteiger partial charge in [0.05, 0.1) is 5.92 Å². The highest BCUT2D eigenvalue weighted by Crippen LogP contribution is 2.38. The molecule has 0 bridgehead atoms. The van der Waals surface area contributed by atoms with Gasteiger partial charge in [-0.1, -0.05) is 20.8 Å². The van der Waals surface area contributed by atoms with Crippen LogP contribution in [0.2, 0.25) is 0 Å². The lowest BCUT2D eigenvalue weighted by atomic mass is 9.71. The highest BCUT2D eigenvalue weighted by atomic mass is 16.4. The molecule has 1 rings (SSSR count). The van der Waals surface area contributed by atoms with E-state index in [1.54, 1.807) is 0 Å². The Labute approximate surface area is 73.2 Å². The molecule has 0 aromatic heterocycles. The quantitative estimate of drug-likeness (QED) is 0.650. The number of hydrogen-bond acceptors (Lipinski definition) is 2. The fourth-order valence-electron chi connectivity index (χ4n) is 1.82. The third kappa shape index (κ3) is 1.33. The maximum Gasteiger partial charge on any atom is 0.308 e. The lowest BCUT2D eigenvalue weighted by molar-refractivity contribution is -0.145. The molecule has 0 spiro atoms. The monoisotopic (exact) mass is 171 g/mol. The van der Waals surface area contributed by atoms with Gasteiger partial charge >= 0.3 is 5.97 Å². The van der Waals surface area contributed by atoms with Crippen molar-refractivity contribution in [3.05, 3.63) is 0 Å². The largest absolute Gasteiger partial charge is 0.481 e. The fourth-order valence-corrected chi connectivity index (χ4v) is 1.82. The average molecular weight is 171 g/mol. The van der Waals surface area contributed by atoms with Crippen molar-refractivity contribution in [2.24, 2.45) is 17.3 Å². The number of carboxylic acids is 1. The summed E-state index contributed by atoms with van der Waals surface area (Å²) in [4.78, 5) is 10.9. The molecular formula is C9H17NO2. The molecule has 1 saturated heterocycles. The van der Waals surface area contributed by atoms with Crippen molar-refractivity contribution in [2.75, 3.05) is 13.1 Å². The minimum atomic E-state index is -0.670. The van der Waals surface area contributed by atoms with Gasteiger partial charge in [0.25, 0.3) is 0 Å². The third-order valence-corrected chi connectivity index (χ3v) is 3.27. The van der Waals surface area contributed by atoms with E-state index in [1.165, 1.54) is 0 Å². The summed E-state index contributed by atoms with van der Waals surface area (Å²) in [5.74, 6) is -0.484. The predicted octanol–water partition coefficient (Wildman–Crippen LogP) is 0.953. The summed E-state index contributed by atoms with van der Waals surface area (Å²) in [7, 11) is 0. The molecule has 0 saturated carbocycles. The van der Waals surface area contributed by atoms with Gasteiger partial charge in [0.15, 0.2) is 0 Å². The zero-order chi connectivity index (χ0) is 9.35. The van der Waals surface area contributed by atoms with E-state index in [0.717, 1.165) is 6.54 Å². The first-order valence-corrected chi connectivity index (χ1v) is 4.42. The van der Waals surface area contributed by atoms with Gasteiger partial charge in [-0.2, -0.15) is 0 Å². The first kappa shape index (κ1) is 9.52. The lowest BCUT2D eigenvalue weighted by Gasteiger charge is -2.32. The molecule has 1 aliphatic heterocycles. The maximum absolute atomic E-state index is 10.9. The van der Waals surface area contributed by atoms with Crippen molar-refractivity contribution in [1.29, 1.82) is 0 Å². The molecule has 12 heavy (non-hydrogen) atoms. The minimum absolute atomic E-state index is 0.0775. The van der Waals surface area contributed by atoms with Gasteiger partial charge in [0.1, 0.15) is 0 Å². The van der Waals surface area contributed by atoms with Gasteiger partial charge in [0.2, 0.25) is 0 Å². The Morgan fingerprint density at radius 2 is 2.25 bits per heavy atom. The molecule has 0 aliphatic carbocycles. The Bertz CT molecular complexity index is 191. The first-order valence-electron chi connectivity index (χ1n) is 4.42. The van der Waals surface area contributed by atoms with Gasteiger partial charge in [-0.3, -0.25) is 4.79 Å². The molecule has 0 aromatic carbocycles. The summed E-state index contributed by atoms with van der Waals surface area (Å²) in [6.45, 7) is 7.66. The predicted molar refractivity (Wildman–Crippen MR) is 46.9 cm³/mol. The lowest BCUT2D eigenvalue weighted by Crippen LogP contribution is -2.36. The number of nitrogens with one attached hydrogen (secondary N) is 1. The molecule has 2 unspecified atom stereocenters. The zero-order valence-corrected chi connectivity index (χ0v) is 7.92. The molecule has 2 N–H and O–H groups in total. The molecule has 1 heterocycles. The summed E-state index contributed by atoms with van der Waals surface area (Å²) < 4.78 is 0.